The van der Waals surface area contributed by atoms with E-state index in [1.54, 1.807) is 0 Å². The fraction of sp³-hybridized carbons (Fsp3) is 0.857. The molecule has 0 spiro atoms. The van der Waals surface area contributed by atoms with Gasteiger partial charge in [-0.05, 0) is 31.3 Å². The number of hydrogen-bond acceptors (Lipinski definition) is 3. The van der Waals surface area contributed by atoms with E-state index >= 15 is 0 Å². The summed E-state index contributed by atoms with van der Waals surface area (Å²) in [5.74, 6) is 0.520. The van der Waals surface area contributed by atoms with E-state index in [1.807, 2.05) is 32.7 Å². The number of nitrogens with zero attached hydrogens (tertiary/aromatic N) is 1. The molecule has 0 radical (unpaired) electrons. The van der Waals surface area contributed by atoms with Crippen molar-refractivity contribution in [1.29, 1.82) is 0 Å². The van der Waals surface area contributed by atoms with Crippen molar-refractivity contribution >= 4 is 24.2 Å². The lowest BCUT2D eigenvalue weighted by atomic mass is 9.92. The molecule has 1 rings (SSSR count). The maximum absolute atomic E-state index is 12.0. The van der Waals surface area contributed by atoms with Crippen molar-refractivity contribution in [3.05, 3.63) is 0 Å². The molecular weight excluding hydrogens is 278 g/mol. The first-order valence-electron chi connectivity index (χ1n) is 7.01. The van der Waals surface area contributed by atoms with Gasteiger partial charge in [-0.1, -0.05) is 20.8 Å². The molecule has 1 heterocycles. The van der Waals surface area contributed by atoms with Crippen LogP contribution in [0.4, 0.5) is 0 Å². The Balaban J connectivity index is 0.00000361. The quantitative estimate of drug-likeness (QED) is 0.797. The molecule has 0 aromatic carbocycles. The third kappa shape index (κ3) is 7.10. The average molecular weight is 306 g/mol. The number of amides is 2. The summed E-state index contributed by atoms with van der Waals surface area (Å²) in [6.45, 7) is 8.71. The van der Waals surface area contributed by atoms with E-state index < -0.39 is 0 Å². The Morgan fingerprint density at radius 2 is 1.95 bits per heavy atom. The van der Waals surface area contributed by atoms with Gasteiger partial charge in [-0.3, -0.25) is 9.59 Å². The lowest BCUT2D eigenvalue weighted by molar-refractivity contribution is -0.132. The van der Waals surface area contributed by atoms with Crippen LogP contribution in [-0.4, -0.2) is 49.9 Å². The van der Waals surface area contributed by atoms with Gasteiger partial charge in [0.15, 0.2) is 0 Å². The topological polar surface area (TPSA) is 61.4 Å². The number of hydrogen-bond donors (Lipinski definition) is 2. The van der Waals surface area contributed by atoms with Crippen molar-refractivity contribution < 1.29 is 9.59 Å². The van der Waals surface area contributed by atoms with E-state index in [-0.39, 0.29) is 36.2 Å². The Kier molecular flexibility index (Phi) is 8.13. The zero-order valence-corrected chi connectivity index (χ0v) is 13.8. The molecule has 6 heteroatoms. The van der Waals surface area contributed by atoms with Crippen molar-refractivity contribution in [3.8, 4) is 0 Å². The van der Waals surface area contributed by atoms with E-state index in [2.05, 4.69) is 10.6 Å². The highest BCUT2D eigenvalue weighted by molar-refractivity contribution is 5.85. The zero-order valence-electron chi connectivity index (χ0n) is 13.0. The number of nitrogens with one attached hydrogen (secondary N) is 2. The Bertz CT molecular complexity index is 329. The van der Waals surface area contributed by atoms with E-state index in [4.69, 9.17) is 0 Å². The molecule has 20 heavy (non-hydrogen) atoms. The molecule has 1 aliphatic heterocycles. The molecule has 1 fully saturated rings. The van der Waals surface area contributed by atoms with Crippen LogP contribution in [0.5, 0.6) is 0 Å². The SMILES string of the molecule is CNCC1CCN(C(=O)CNC(=O)CC(C)(C)C)C1.Cl. The average Bonchev–Trinajstić information content (AvgIpc) is 2.73. The van der Waals surface area contributed by atoms with Crippen LogP contribution in [0.1, 0.15) is 33.6 Å². The number of likely N-dealkylation sites (tertiary alicyclic amines) is 1. The maximum atomic E-state index is 12.0. The summed E-state index contributed by atoms with van der Waals surface area (Å²) in [6, 6.07) is 0. The Morgan fingerprint density at radius 3 is 2.50 bits per heavy atom. The van der Waals surface area contributed by atoms with Gasteiger partial charge in [0.05, 0.1) is 6.54 Å². The van der Waals surface area contributed by atoms with Crippen LogP contribution in [0.25, 0.3) is 0 Å². The van der Waals surface area contributed by atoms with Crippen molar-refractivity contribution in [3.63, 3.8) is 0 Å². The van der Waals surface area contributed by atoms with E-state index in [0.717, 1.165) is 26.1 Å². The second-order valence-electron chi connectivity index (χ2n) is 6.57. The van der Waals surface area contributed by atoms with Crippen LogP contribution < -0.4 is 10.6 Å². The van der Waals surface area contributed by atoms with Gasteiger partial charge in [0, 0.05) is 19.5 Å². The lowest BCUT2D eigenvalue weighted by Gasteiger charge is -2.19. The van der Waals surface area contributed by atoms with Gasteiger partial charge in [-0.25, -0.2) is 0 Å². The van der Waals surface area contributed by atoms with Crippen LogP contribution in [-0.2, 0) is 9.59 Å². The lowest BCUT2D eigenvalue weighted by Crippen LogP contribution is -2.40. The van der Waals surface area contributed by atoms with Gasteiger partial charge < -0.3 is 15.5 Å². The standard InChI is InChI=1S/C14H27N3O2.ClH/c1-14(2,3)7-12(18)16-9-13(19)17-6-5-11(10-17)8-15-4;/h11,15H,5-10H2,1-4H3,(H,16,18);1H. The molecule has 1 atom stereocenters. The number of carbonyl (C=O) groups is 2. The van der Waals surface area contributed by atoms with Crippen molar-refractivity contribution in [1.82, 2.24) is 15.5 Å². The van der Waals surface area contributed by atoms with Gasteiger partial charge in [0.25, 0.3) is 0 Å². The second-order valence-corrected chi connectivity index (χ2v) is 6.57. The number of rotatable bonds is 5. The summed E-state index contributed by atoms with van der Waals surface area (Å²) in [5, 5.41) is 5.85. The fourth-order valence-electron chi connectivity index (χ4n) is 2.34. The Morgan fingerprint density at radius 1 is 1.30 bits per heavy atom. The van der Waals surface area contributed by atoms with Crippen molar-refractivity contribution in [2.24, 2.45) is 11.3 Å². The first-order chi connectivity index (χ1) is 8.81. The molecule has 1 aliphatic rings. The Hall–Kier alpha value is -0.810. The van der Waals surface area contributed by atoms with Crippen LogP contribution >= 0.6 is 12.4 Å². The van der Waals surface area contributed by atoms with Crippen molar-refractivity contribution in [2.75, 3.05) is 33.2 Å². The third-order valence-electron chi connectivity index (χ3n) is 3.26. The minimum absolute atomic E-state index is 0. The molecule has 0 bridgehead atoms. The highest BCUT2D eigenvalue weighted by Gasteiger charge is 2.26. The molecule has 0 aliphatic carbocycles. The van der Waals surface area contributed by atoms with Crippen molar-refractivity contribution in [2.45, 2.75) is 33.6 Å². The molecule has 5 nitrogen and oxygen atoms in total. The first kappa shape index (κ1) is 19.2. The van der Waals surface area contributed by atoms with Gasteiger partial charge >= 0.3 is 0 Å². The normalized spacial score (nSPS) is 18.6. The molecule has 2 amide bonds. The zero-order chi connectivity index (χ0) is 14.5. The summed E-state index contributed by atoms with van der Waals surface area (Å²) in [6.07, 6.45) is 1.49. The fourth-order valence-corrected chi connectivity index (χ4v) is 2.34. The monoisotopic (exact) mass is 305 g/mol. The summed E-state index contributed by atoms with van der Waals surface area (Å²) in [5.41, 5.74) is -0.0430. The summed E-state index contributed by atoms with van der Waals surface area (Å²) in [4.78, 5) is 25.5. The largest absolute Gasteiger partial charge is 0.347 e. The maximum Gasteiger partial charge on any atom is 0.241 e. The summed E-state index contributed by atoms with van der Waals surface area (Å²) >= 11 is 0. The molecule has 0 aromatic rings. The first-order valence-corrected chi connectivity index (χ1v) is 7.01. The highest BCUT2D eigenvalue weighted by atomic mass is 35.5. The molecule has 2 N–H and O–H groups in total. The Labute approximate surface area is 128 Å². The van der Waals surface area contributed by atoms with E-state index in [9.17, 15) is 9.59 Å². The minimum atomic E-state index is -0.0492. The molecule has 1 saturated heterocycles. The van der Waals surface area contributed by atoms with Crippen LogP contribution in [0.3, 0.4) is 0 Å². The summed E-state index contributed by atoms with van der Waals surface area (Å²) < 4.78 is 0. The molecule has 118 valence electrons. The minimum Gasteiger partial charge on any atom is -0.347 e. The summed E-state index contributed by atoms with van der Waals surface area (Å²) in [7, 11) is 1.93. The van der Waals surface area contributed by atoms with Gasteiger partial charge in [-0.2, -0.15) is 0 Å². The van der Waals surface area contributed by atoms with Crippen LogP contribution in [0, 0.1) is 11.3 Å². The van der Waals surface area contributed by atoms with E-state index in [0.29, 0.717) is 12.3 Å². The molecule has 0 saturated carbocycles. The molecular formula is C14H28ClN3O2. The smallest absolute Gasteiger partial charge is 0.241 e. The van der Waals surface area contributed by atoms with Gasteiger partial charge in [-0.15, -0.1) is 12.4 Å². The van der Waals surface area contributed by atoms with E-state index in [1.165, 1.54) is 0 Å². The predicted octanol–water partition coefficient (Wildman–Crippen LogP) is 1.03. The third-order valence-corrected chi connectivity index (χ3v) is 3.26. The van der Waals surface area contributed by atoms with Gasteiger partial charge in [0.2, 0.25) is 11.8 Å². The second kappa shape index (κ2) is 8.47. The van der Waals surface area contributed by atoms with Crippen LogP contribution in [0.15, 0.2) is 0 Å². The number of halogens is 1. The number of carbonyl (C=O) groups excluding carboxylic acids is 2. The molecule has 1 unspecified atom stereocenters. The van der Waals surface area contributed by atoms with Gasteiger partial charge in [0.1, 0.15) is 0 Å². The predicted molar refractivity (Wildman–Crippen MR) is 82.9 cm³/mol. The highest BCUT2D eigenvalue weighted by Crippen LogP contribution is 2.18. The van der Waals surface area contributed by atoms with Crippen LogP contribution in [0.2, 0.25) is 0 Å². The molecule has 0 aromatic heterocycles.